The number of amides is 3. The molecule has 1 saturated heterocycles. The molecule has 1 fully saturated rings. The summed E-state index contributed by atoms with van der Waals surface area (Å²) in [7, 11) is 0. The third-order valence-electron chi connectivity index (χ3n) is 3.56. The number of hydrogen-bond acceptors (Lipinski definition) is 6. The molecule has 0 spiro atoms. The van der Waals surface area contributed by atoms with Gasteiger partial charge in [0.05, 0.1) is 0 Å². The van der Waals surface area contributed by atoms with Crippen molar-refractivity contribution in [1.29, 1.82) is 0 Å². The molecule has 0 bridgehead atoms. The Morgan fingerprint density at radius 2 is 2.08 bits per heavy atom. The van der Waals surface area contributed by atoms with Gasteiger partial charge in [0, 0.05) is 17.0 Å². The van der Waals surface area contributed by atoms with Crippen LogP contribution in [0.2, 0.25) is 0 Å². The zero-order valence-electron chi connectivity index (χ0n) is 12.8. The second kappa shape index (κ2) is 6.15. The number of benzene rings is 1. The summed E-state index contributed by atoms with van der Waals surface area (Å²) in [6.45, 7) is 1.23. The molecular formula is C16H14N2O6. The highest BCUT2D eigenvalue weighted by molar-refractivity contribution is 6.03. The van der Waals surface area contributed by atoms with Crippen molar-refractivity contribution in [2.24, 2.45) is 0 Å². The number of hydrogen-bond donors (Lipinski definition) is 1. The van der Waals surface area contributed by atoms with Crippen molar-refractivity contribution in [1.82, 2.24) is 10.2 Å². The minimum absolute atomic E-state index is 0.132. The molecule has 3 amide bonds. The van der Waals surface area contributed by atoms with Crippen LogP contribution in [-0.4, -0.2) is 35.9 Å². The summed E-state index contributed by atoms with van der Waals surface area (Å²) >= 11 is 0. The predicted molar refractivity (Wildman–Crippen MR) is 82.1 cm³/mol. The van der Waals surface area contributed by atoms with E-state index in [2.05, 4.69) is 5.32 Å². The van der Waals surface area contributed by atoms with Crippen molar-refractivity contribution in [2.45, 2.75) is 13.5 Å². The Labute approximate surface area is 136 Å². The zero-order valence-corrected chi connectivity index (χ0v) is 12.8. The summed E-state index contributed by atoms with van der Waals surface area (Å²) in [6, 6.07) is 5.99. The summed E-state index contributed by atoms with van der Waals surface area (Å²) in [5, 5.41) is 2.74. The van der Waals surface area contributed by atoms with E-state index >= 15 is 0 Å². The molecule has 1 aromatic heterocycles. The topological polar surface area (TPSA) is 106 Å². The van der Waals surface area contributed by atoms with Gasteiger partial charge < -0.3 is 14.1 Å². The van der Waals surface area contributed by atoms with Crippen LogP contribution in [0, 0.1) is 6.92 Å². The number of ether oxygens (including phenoxy) is 1. The largest absolute Gasteiger partial charge is 0.459 e. The van der Waals surface area contributed by atoms with Crippen LogP contribution in [0.3, 0.4) is 0 Å². The molecule has 2 heterocycles. The van der Waals surface area contributed by atoms with Gasteiger partial charge in [-0.2, -0.15) is 0 Å². The molecule has 8 nitrogen and oxygen atoms in total. The lowest BCUT2D eigenvalue weighted by Crippen LogP contribution is -2.33. The highest BCUT2D eigenvalue weighted by Gasteiger charge is 2.28. The number of carbonyl (C=O) groups excluding carboxylic acids is 3. The van der Waals surface area contributed by atoms with Gasteiger partial charge in [0.1, 0.15) is 25.3 Å². The number of urea groups is 1. The molecule has 1 aliphatic heterocycles. The Bertz CT molecular complexity index is 901. The van der Waals surface area contributed by atoms with Crippen molar-refractivity contribution in [3.05, 3.63) is 45.8 Å². The fourth-order valence-corrected chi connectivity index (χ4v) is 2.43. The molecule has 0 aliphatic carbocycles. The van der Waals surface area contributed by atoms with Gasteiger partial charge in [-0.25, -0.2) is 9.59 Å². The summed E-state index contributed by atoms with van der Waals surface area (Å²) in [5.74, 6) is -1.14. The van der Waals surface area contributed by atoms with Gasteiger partial charge in [-0.1, -0.05) is 12.1 Å². The van der Waals surface area contributed by atoms with Crippen LogP contribution in [0.5, 0.6) is 0 Å². The summed E-state index contributed by atoms with van der Waals surface area (Å²) in [5.41, 5.74) is 1.32. The van der Waals surface area contributed by atoms with Crippen molar-refractivity contribution in [2.75, 3.05) is 13.1 Å². The van der Waals surface area contributed by atoms with Gasteiger partial charge in [0.25, 0.3) is 0 Å². The first-order valence-corrected chi connectivity index (χ1v) is 7.20. The van der Waals surface area contributed by atoms with Crippen LogP contribution in [-0.2, 0) is 20.9 Å². The van der Waals surface area contributed by atoms with Gasteiger partial charge in [-0.3, -0.25) is 14.9 Å². The number of fused-ring (bicyclic) bond motifs is 1. The molecule has 0 radical (unpaired) electrons. The molecule has 1 aromatic carbocycles. The molecule has 8 heteroatoms. The van der Waals surface area contributed by atoms with E-state index in [1.54, 1.807) is 12.1 Å². The van der Waals surface area contributed by atoms with E-state index in [0.717, 1.165) is 10.5 Å². The lowest BCUT2D eigenvalue weighted by molar-refractivity contribution is -0.145. The van der Waals surface area contributed by atoms with Crippen molar-refractivity contribution < 1.29 is 23.5 Å². The van der Waals surface area contributed by atoms with Gasteiger partial charge >= 0.3 is 17.6 Å². The summed E-state index contributed by atoms with van der Waals surface area (Å²) in [4.78, 5) is 46.9. The summed E-state index contributed by atoms with van der Waals surface area (Å²) < 4.78 is 10.2. The van der Waals surface area contributed by atoms with Crippen LogP contribution in [0.4, 0.5) is 4.79 Å². The molecule has 3 rings (SSSR count). The SMILES string of the molecule is Cc1ccc2c(COC(=O)CN3CC(=O)NC3=O)cc(=O)oc2c1. The maximum absolute atomic E-state index is 11.8. The number of aryl methyl sites for hydroxylation is 1. The molecule has 124 valence electrons. The minimum Gasteiger partial charge on any atom is -0.459 e. The first kappa shape index (κ1) is 15.7. The molecule has 24 heavy (non-hydrogen) atoms. The van der Waals surface area contributed by atoms with Crippen LogP contribution in [0.15, 0.2) is 33.5 Å². The van der Waals surface area contributed by atoms with Gasteiger partial charge in [-0.05, 0) is 18.6 Å². The highest BCUT2D eigenvalue weighted by atomic mass is 16.5. The van der Waals surface area contributed by atoms with Gasteiger partial charge in [0.2, 0.25) is 5.91 Å². The van der Waals surface area contributed by atoms with Crippen LogP contribution >= 0.6 is 0 Å². The summed E-state index contributed by atoms with van der Waals surface area (Å²) in [6.07, 6.45) is 0. The van der Waals surface area contributed by atoms with Crippen molar-refractivity contribution in [3.63, 3.8) is 0 Å². The molecule has 0 unspecified atom stereocenters. The maximum Gasteiger partial charge on any atom is 0.336 e. The second-order valence-electron chi connectivity index (χ2n) is 5.46. The third-order valence-corrected chi connectivity index (χ3v) is 3.56. The number of carbonyl (C=O) groups is 3. The molecule has 1 aliphatic rings. The number of imide groups is 1. The van der Waals surface area contributed by atoms with E-state index < -0.39 is 23.5 Å². The first-order chi connectivity index (χ1) is 11.4. The maximum atomic E-state index is 11.8. The fourth-order valence-electron chi connectivity index (χ4n) is 2.43. The lowest BCUT2D eigenvalue weighted by Gasteiger charge is -2.12. The Kier molecular flexibility index (Phi) is 4.03. The van der Waals surface area contributed by atoms with Crippen LogP contribution < -0.4 is 10.9 Å². The third kappa shape index (κ3) is 3.27. The van der Waals surface area contributed by atoms with Crippen molar-refractivity contribution >= 4 is 28.9 Å². The van der Waals surface area contributed by atoms with E-state index in [1.165, 1.54) is 6.07 Å². The minimum atomic E-state index is -0.673. The number of esters is 1. The number of rotatable bonds is 4. The lowest BCUT2D eigenvalue weighted by atomic mass is 10.1. The quantitative estimate of drug-likeness (QED) is 0.502. The Hall–Kier alpha value is -3.16. The highest BCUT2D eigenvalue weighted by Crippen LogP contribution is 2.19. The van der Waals surface area contributed by atoms with Gasteiger partial charge in [0.15, 0.2) is 0 Å². The second-order valence-corrected chi connectivity index (χ2v) is 5.46. The number of nitrogens with one attached hydrogen (secondary N) is 1. The monoisotopic (exact) mass is 330 g/mol. The smallest absolute Gasteiger partial charge is 0.336 e. The van der Waals surface area contributed by atoms with E-state index in [-0.39, 0.29) is 19.7 Å². The number of nitrogens with zero attached hydrogens (tertiary/aromatic N) is 1. The standard InChI is InChI=1S/C16H14N2O6/c1-9-2-3-11-10(5-14(20)24-12(11)4-9)8-23-15(21)7-18-6-13(19)17-16(18)22/h2-5H,6-8H2,1H3,(H,17,19,22). The van der Waals surface area contributed by atoms with Crippen LogP contribution in [0.1, 0.15) is 11.1 Å². The fraction of sp³-hybridized carbons (Fsp3) is 0.250. The Balaban J connectivity index is 1.71. The van der Waals surface area contributed by atoms with Crippen LogP contribution in [0.25, 0.3) is 11.0 Å². The molecular weight excluding hydrogens is 316 g/mol. The van der Waals surface area contributed by atoms with Gasteiger partial charge in [-0.15, -0.1) is 0 Å². The van der Waals surface area contributed by atoms with E-state index in [0.29, 0.717) is 16.5 Å². The first-order valence-electron chi connectivity index (χ1n) is 7.20. The Morgan fingerprint density at radius 3 is 2.79 bits per heavy atom. The molecule has 0 saturated carbocycles. The average Bonchev–Trinajstić information content (AvgIpc) is 2.81. The van der Waals surface area contributed by atoms with E-state index in [4.69, 9.17) is 9.15 Å². The molecule has 2 aromatic rings. The molecule has 1 N–H and O–H groups in total. The van der Waals surface area contributed by atoms with E-state index in [1.807, 2.05) is 13.0 Å². The average molecular weight is 330 g/mol. The Morgan fingerprint density at radius 1 is 1.29 bits per heavy atom. The zero-order chi connectivity index (χ0) is 17.3. The predicted octanol–water partition coefficient (Wildman–Crippen LogP) is 0.696. The normalized spacial score (nSPS) is 14.1. The van der Waals surface area contributed by atoms with E-state index in [9.17, 15) is 19.2 Å². The molecule has 0 atom stereocenters. The van der Waals surface area contributed by atoms with Crippen molar-refractivity contribution in [3.8, 4) is 0 Å².